The molecule has 0 atom stereocenters. The third kappa shape index (κ3) is 0.866. The standard InChI is InChI=1S/C4H5NOS2/c6-5-3(7)1-2-4(5)8/h6H,1-2H2. The van der Waals surface area contributed by atoms with Crippen LogP contribution in [0, 0.1) is 0 Å². The lowest BCUT2D eigenvalue weighted by Gasteiger charge is -2.05. The second-order valence-electron chi connectivity index (χ2n) is 1.60. The molecule has 1 heterocycles. The lowest BCUT2D eigenvalue weighted by atomic mass is 10.4. The molecular formula is C4H5NOS2. The van der Waals surface area contributed by atoms with Crippen LogP contribution in [0.5, 0.6) is 0 Å². The van der Waals surface area contributed by atoms with E-state index in [0.29, 0.717) is 9.98 Å². The summed E-state index contributed by atoms with van der Waals surface area (Å²) >= 11 is 9.41. The molecule has 1 fully saturated rings. The van der Waals surface area contributed by atoms with Crippen LogP contribution in [-0.2, 0) is 0 Å². The quantitative estimate of drug-likeness (QED) is 0.519. The van der Waals surface area contributed by atoms with Crippen LogP contribution < -0.4 is 0 Å². The second-order valence-corrected chi connectivity index (χ2v) is 2.54. The van der Waals surface area contributed by atoms with Crippen molar-refractivity contribution < 1.29 is 5.21 Å². The SMILES string of the molecule is ON1C(=S)CCC1=S. The van der Waals surface area contributed by atoms with Crippen LogP contribution in [0.15, 0.2) is 0 Å². The molecule has 1 aliphatic heterocycles. The highest BCUT2D eigenvalue weighted by Gasteiger charge is 2.19. The second kappa shape index (κ2) is 2.05. The summed E-state index contributed by atoms with van der Waals surface area (Å²) in [4.78, 5) is 1.07. The average Bonchev–Trinajstić information content (AvgIpc) is 1.98. The first-order valence-electron chi connectivity index (χ1n) is 2.26. The molecule has 1 rings (SSSR count). The summed E-state index contributed by atoms with van der Waals surface area (Å²) in [5.74, 6) is 0. The maximum atomic E-state index is 8.82. The summed E-state index contributed by atoms with van der Waals surface area (Å²) in [6.45, 7) is 0. The molecular weight excluding hydrogens is 142 g/mol. The fourth-order valence-electron chi connectivity index (χ4n) is 0.565. The van der Waals surface area contributed by atoms with E-state index in [9.17, 15) is 0 Å². The molecule has 8 heavy (non-hydrogen) atoms. The number of thiocarbonyl (C=S) groups is 2. The Bertz CT molecular complexity index is 129. The maximum absolute atomic E-state index is 8.82. The van der Waals surface area contributed by atoms with E-state index in [0.717, 1.165) is 17.9 Å². The Morgan fingerprint density at radius 1 is 1.25 bits per heavy atom. The number of nitrogens with zero attached hydrogens (tertiary/aromatic N) is 1. The molecule has 1 aliphatic rings. The Balaban J connectivity index is 2.70. The van der Waals surface area contributed by atoms with Crippen LogP contribution in [-0.4, -0.2) is 20.2 Å². The number of hydroxylamine groups is 2. The van der Waals surface area contributed by atoms with Gasteiger partial charge in [-0.3, -0.25) is 5.21 Å². The molecule has 4 heteroatoms. The van der Waals surface area contributed by atoms with Crippen molar-refractivity contribution in [1.82, 2.24) is 5.06 Å². The van der Waals surface area contributed by atoms with Gasteiger partial charge in [0.05, 0.1) is 0 Å². The van der Waals surface area contributed by atoms with E-state index in [2.05, 4.69) is 0 Å². The smallest absolute Gasteiger partial charge is 0.110 e. The summed E-state index contributed by atoms with van der Waals surface area (Å²) in [6, 6.07) is 0. The largest absolute Gasteiger partial charge is 0.283 e. The fraction of sp³-hybridized carbons (Fsp3) is 0.500. The van der Waals surface area contributed by atoms with E-state index in [1.165, 1.54) is 0 Å². The molecule has 0 unspecified atom stereocenters. The van der Waals surface area contributed by atoms with Crippen molar-refractivity contribution in [3.63, 3.8) is 0 Å². The van der Waals surface area contributed by atoms with Gasteiger partial charge >= 0.3 is 0 Å². The Morgan fingerprint density at radius 2 is 1.62 bits per heavy atom. The van der Waals surface area contributed by atoms with E-state index in [1.807, 2.05) is 0 Å². The fourth-order valence-corrected chi connectivity index (χ4v) is 1.05. The Morgan fingerprint density at radius 3 is 1.75 bits per heavy atom. The predicted molar refractivity (Wildman–Crippen MR) is 38.1 cm³/mol. The summed E-state index contributed by atoms with van der Waals surface area (Å²) in [6.07, 6.45) is 1.45. The Labute approximate surface area is 58.1 Å². The molecule has 44 valence electrons. The summed E-state index contributed by atoms with van der Waals surface area (Å²) in [7, 11) is 0. The predicted octanol–water partition coefficient (Wildman–Crippen LogP) is 1.13. The van der Waals surface area contributed by atoms with Gasteiger partial charge in [-0.25, -0.2) is 5.06 Å². The third-order valence-corrected chi connectivity index (χ3v) is 1.78. The third-order valence-electron chi connectivity index (χ3n) is 1.03. The van der Waals surface area contributed by atoms with Gasteiger partial charge in [-0.1, -0.05) is 24.4 Å². The van der Waals surface area contributed by atoms with E-state index in [1.54, 1.807) is 0 Å². The van der Waals surface area contributed by atoms with Crippen molar-refractivity contribution in [2.45, 2.75) is 12.8 Å². The molecule has 0 bridgehead atoms. The molecule has 2 nitrogen and oxygen atoms in total. The first-order chi connectivity index (χ1) is 3.72. The van der Waals surface area contributed by atoms with E-state index in [-0.39, 0.29) is 0 Å². The number of hydrogen-bond donors (Lipinski definition) is 1. The number of hydrogen-bond acceptors (Lipinski definition) is 3. The van der Waals surface area contributed by atoms with E-state index >= 15 is 0 Å². The van der Waals surface area contributed by atoms with Crippen LogP contribution in [0.3, 0.4) is 0 Å². The minimum atomic E-state index is 0.537. The van der Waals surface area contributed by atoms with Crippen LogP contribution in [0.2, 0.25) is 0 Å². The van der Waals surface area contributed by atoms with Crippen molar-refractivity contribution in [3.8, 4) is 0 Å². The lowest BCUT2D eigenvalue weighted by Crippen LogP contribution is -2.21. The van der Waals surface area contributed by atoms with Crippen molar-refractivity contribution >= 4 is 34.4 Å². The minimum Gasteiger partial charge on any atom is -0.283 e. The first-order valence-corrected chi connectivity index (χ1v) is 3.08. The van der Waals surface area contributed by atoms with Crippen LogP contribution in [0.25, 0.3) is 0 Å². The molecule has 0 amide bonds. The molecule has 0 aromatic heterocycles. The number of rotatable bonds is 0. The zero-order chi connectivity index (χ0) is 6.15. The van der Waals surface area contributed by atoms with Gasteiger partial charge in [-0.2, -0.15) is 0 Å². The van der Waals surface area contributed by atoms with Gasteiger partial charge < -0.3 is 0 Å². The van der Waals surface area contributed by atoms with Crippen molar-refractivity contribution in [1.29, 1.82) is 0 Å². The van der Waals surface area contributed by atoms with Crippen LogP contribution in [0.4, 0.5) is 0 Å². The highest BCUT2D eigenvalue weighted by molar-refractivity contribution is 7.82. The van der Waals surface area contributed by atoms with Gasteiger partial charge in [0, 0.05) is 12.8 Å². The molecule has 0 spiro atoms. The zero-order valence-corrected chi connectivity index (χ0v) is 5.76. The summed E-state index contributed by atoms with van der Waals surface area (Å²) in [5, 5.41) is 9.72. The summed E-state index contributed by atoms with van der Waals surface area (Å²) < 4.78 is 0. The van der Waals surface area contributed by atoms with Crippen LogP contribution in [0.1, 0.15) is 12.8 Å². The van der Waals surface area contributed by atoms with Gasteiger partial charge in [0.2, 0.25) is 0 Å². The lowest BCUT2D eigenvalue weighted by molar-refractivity contribution is 0.0723. The van der Waals surface area contributed by atoms with E-state index < -0.39 is 0 Å². The molecule has 0 aromatic rings. The van der Waals surface area contributed by atoms with Crippen molar-refractivity contribution in [2.24, 2.45) is 0 Å². The van der Waals surface area contributed by atoms with Gasteiger partial charge in [0.15, 0.2) is 0 Å². The van der Waals surface area contributed by atoms with Gasteiger partial charge in [0.1, 0.15) is 9.98 Å². The minimum absolute atomic E-state index is 0.537. The molecule has 1 N–H and O–H groups in total. The average molecular weight is 147 g/mol. The van der Waals surface area contributed by atoms with Crippen molar-refractivity contribution in [3.05, 3.63) is 0 Å². The molecule has 0 aromatic carbocycles. The topological polar surface area (TPSA) is 23.5 Å². The van der Waals surface area contributed by atoms with Gasteiger partial charge in [0.25, 0.3) is 0 Å². The molecule has 0 aliphatic carbocycles. The Hall–Kier alpha value is -0.0600. The highest BCUT2D eigenvalue weighted by Crippen LogP contribution is 2.11. The summed E-state index contributed by atoms with van der Waals surface area (Å²) in [5.41, 5.74) is 0. The van der Waals surface area contributed by atoms with Crippen LogP contribution >= 0.6 is 24.4 Å². The van der Waals surface area contributed by atoms with Gasteiger partial charge in [-0.15, -0.1) is 0 Å². The monoisotopic (exact) mass is 147 g/mol. The maximum Gasteiger partial charge on any atom is 0.110 e. The first kappa shape index (κ1) is 6.07. The molecule has 0 radical (unpaired) electrons. The normalized spacial score (nSPS) is 20.4. The van der Waals surface area contributed by atoms with E-state index in [4.69, 9.17) is 29.6 Å². The van der Waals surface area contributed by atoms with Crippen molar-refractivity contribution in [2.75, 3.05) is 0 Å². The molecule has 0 saturated carbocycles. The molecule has 1 saturated heterocycles. The van der Waals surface area contributed by atoms with Gasteiger partial charge in [-0.05, 0) is 0 Å². The Kier molecular flexibility index (Phi) is 1.55. The zero-order valence-electron chi connectivity index (χ0n) is 4.13. The highest BCUT2D eigenvalue weighted by atomic mass is 32.1.